The van der Waals surface area contributed by atoms with Gasteiger partial charge in [-0.3, -0.25) is 23.9 Å². The van der Waals surface area contributed by atoms with Crippen molar-refractivity contribution in [2.75, 3.05) is 19.6 Å². The Kier molecular flexibility index (Phi) is 10.2. The number of carbonyl (C=O) groups excluding carboxylic acids is 4. The smallest absolute Gasteiger partial charge is 0.307 e. The molecule has 13 nitrogen and oxygen atoms in total. The Labute approximate surface area is 317 Å². The molecule has 54 heavy (non-hydrogen) atoms. The van der Waals surface area contributed by atoms with E-state index in [2.05, 4.69) is 10.0 Å². The molecule has 2 saturated heterocycles. The van der Waals surface area contributed by atoms with Crippen molar-refractivity contribution in [3.05, 3.63) is 54.6 Å². The summed E-state index contributed by atoms with van der Waals surface area (Å²) in [6.07, 6.45) is 8.04. The molecule has 2 aliphatic carbocycles. The number of amides is 3. The number of nitrogens with zero attached hydrogens (tertiary/aromatic N) is 2. The van der Waals surface area contributed by atoms with E-state index >= 15 is 0 Å². The fourth-order valence-corrected chi connectivity index (χ4v) is 11.4. The molecule has 2 N–H and O–H groups in total. The number of esters is 1. The molecule has 292 valence electrons. The van der Waals surface area contributed by atoms with Crippen LogP contribution in [0.25, 0.3) is 10.8 Å². The van der Waals surface area contributed by atoms with E-state index in [0.29, 0.717) is 32.1 Å². The molecule has 15 heteroatoms. The van der Waals surface area contributed by atoms with Gasteiger partial charge in [-0.2, -0.15) is 4.31 Å². The zero-order chi connectivity index (χ0) is 38.6. The van der Waals surface area contributed by atoms with Crippen LogP contribution in [-0.4, -0.2) is 91.8 Å². The van der Waals surface area contributed by atoms with Gasteiger partial charge in [-0.25, -0.2) is 16.8 Å². The summed E-state index contributed by atoms with van der Waals surface area (Å²) in [7, 11) is -7.92. The number of sulfonamides is 2. The lowest BCUT2D eigenvalue weighted by atomic mass is 9.92. The van der Waals surface area contributed by atoms with E-state index in [0.717, 1.165) is 23.6 Å². The summed E-state index contributed by atoms with van der Waals surface area (Å²) in [4.78, 5) is 57.7. The van der Waals surface area contributed by atoms with Crippen molar-refractivity contribution in [2.45, 2.75) is 106 Å². The maximum absolute atomic E-state index is 14.7. The molecular formula is C39H50N4O9S2. The summed E-state index contributed by atoms with van der Waals surface area (Å²) >= 11 is 0. The Morgan fingerprint density at radius 2 is 1.69 bits per heavy atom. The number of carbonyl (C=O) groups is 4. The third-order valence-corrected chi connectivity index (χ3v) is 15.1. The Bertz CT molecular complexity index is 2090. The first-order valence-electron chi connectivity index (χ1n) is 19.0. The molecule has 3 amide bonds. The van der Waals surface area contributed by atoms with E-state index in [-0.39, 0.29) is 37.4 Å². The molecule has 0 aromatic heterocycles. The van der Waals surface area contributed by atoms with Gasteiger partial charge in [0.05, 0.1) is 16.6 Å². The molecule has 0 bridgehead atoms. The molecule has 3 aliphatic heterocycles. The Balaban J connectivity index is 1.21. The number of allylic oxidation sites excluding steroid dienone is 1. The van der Waals surface area contributed by atoms with Crippen molar-refractivity contribution in [3.63, 3.8) is 0 Å². The largest absolute Gasteiger partial charge is 0.460 e. The normalized spacial score (nSPS) is 30.3. The zero-order valence-electron chi connectivity index (χ0n) is 31.0. The van der Waals surface area contributed by atoms with E-state index < -0.39 is 89.8 Å². The molecule has 5 aliphatic rings. The molecule has 2 aromatic carbocycles. The highest BCUT2D eigenvalue weighted by atomic mass is 32.2. The van der Waals surface area contributed by atoms with E-state index in [1.54, 1.807) is 39.0 Å². The maximum atomic E-state index is 14.7. The number of benzene rings is 2. The highest BCUT2D eigenvalue weighted by Gasteiger charge is 2.63. The summed E-state index contributed by atoms with van der Waals surface area (Å²) in [5.74, 6) is -4.65. The highest BCUT2D eigenvalue weighted by Crippen LogP contribution is 2.47. The Hall–Kier alpha value is -3.82. The van der Waals surface area contributed by atoms with Crippen molar-refractivity contribution >= 4 is 54.5 Å². The topological polar surface area (TPSA) is 176 Å². The highest BCUT2D eigenvalue weighted by molar-refractivity contribution is 7.91. The quantitative estimate of drug-likeness (QED) is 0.314. The molecule has 7 rings (SSSR count). The number of hydrogen-bond acceptors (Lipinski definition) is 9. The average molecular weight is 783 g/mol. The predicted octanol–water partition coefficient (Wildman–Crippen LogP) is 3.64. The molecule has 2 saturated carbocycles. The molecule has 4 fully saturated rings. The van der Waals surface area contributed by atoms with Crippen LogP contribution in [0.5, 0.6) is 0 Å². The van der Waals surface area contributed by atoms with Gasteiger partial charge in [-0.15, -0.1) is 0 Å². The van der Waals surface area contributed by atoms with Gasteiger partial charge in [0.15, 0.2) is 0 Å². The van der Waals surface area contributed by atoms with Crippen LogP contribution in [0.15, 0.2) is 59.5 Å². The summed E-state index contributed by atoms with van der Waals surface area (Å²) < 4.78 is 63.1. The lowest BCUT2D eigenvalue weighted by Gasteiger charge is -2.32. The van der Waals surface area contributed by atoms with Gasteiger partial charge in [0.2, 0.25) is 31.9 Å². The standard InChI is InChI=1S/C39H50N4O9S2/c1-38(2,3)52-33(44)20-27-13-7-5-4-6-8-14-29-21-39(29,37(47)41-53(48,49)30-17-18-30)40-35(45)34-32-24-42(22-28(32)23-43(34)36(27)46)54(50,51)31-16-15-25-11-9-10-12-26(25)19-31/h8-12,14-16,19,27-30,32,34H,4-7,13,17-18,20-24H2,1-3H3,(H,40,45)(H,41,47)/b14-8-/t27-,28-,29+,32-,34-,39+/m0/s1. The van der Waals surface area contributed by atoms with Crippen LogP contribution in [-0.2, 0) is 44.0 Å². The van der Waals surface area contributed by atoms with Crippen molar-refractivity contribution < 1.29 is 40.8 Å². The minimum absolute atomic E-state index is 0.0446. The lowest BCUT2D eigenvalue weighted by molar-refractivity contribution is -0.159. The van der Waals surface area contributed by atoms with Gasteiger partial charge in [0.1, 0.15) is 17.2 Å². The third-order valence-electron chi connectivity index (χ3n) is 11.5. The van der Waals surface area contributed by atoms with Gasteiger partial charge in [-0.05, 0) is 88.1 Å². The van der Waals surface area contributed by atoms with E-state index in [4.69, 9.17) is 4.74 Å². The molecule has 2 aromatic rings. The second kappa shape index (κ2) is 14.4. The maximum Gasteiger partial charge on any atom is 0.307 e. The van der Waals surface area contributed by atoms with Gasteiger partial charge < -0.3 is 15.0 Å². The van der Waals surface area contributed by atoms with Crippen LogP contribution in [0.1, 0.15) is 78.6 Å². The molecule has 3 heterocycles. The fourth-order valence-electron chi connectivity index (χ4n) is 8.42. The minimum atomic E-state index is -3.99. The van der Waals surface area contributed by atoms with E-state index in [1.807, 2.05) is 36.4 Å². The SMILES string of the molecule is CC(C)(C)OC(=O)C[C@@H]1CCCCC/C=C\[C@@H]2C[C@@]2(C(=O)NS(=O)(=O)C2CC2)NC(=O)[C@@H]2[C@H]3CN(S(=O)(=O)c4ccc5ccccc5c4)C[C@H]3CN2C1=O. The van der Waals surface area contributed by atoms with Crippen molar-refractivity contribution in [3.8, 4) is 0 Å². The minimum Gasteiger partial charge on any atom is -0.460 e. The van der Waals surface area contributed by atoms with E-state index in [1.165, 1.54) is 9.21 Å². The first kappa shape index (κ1) is 38.5. The zero-order valence-corrected chi connectivity index (χ0v) is 32.7. The van der Waals surface area contributed by atoms with Crippen LogP contribution in [0, 0.1) is 23.7 Å². The van der Waals surface area contributed by atoms with Crippen LogP contribution >= 0.6 is 0 Å². The summed E-state index contributed by atoms with van der Waals surface area (Å²) in [5, 5.41) is 3.91. The third kappa shape index (κ3) is 7.81. The fraction of sp³-hybridized carbons (Fsp3) is 0.590. The van der Waals surface area contributed by atoms with Crippen molar-refractivity contribution in [2.24, 2.45) is 23.7 Å². The monoisotopic (exact) mass is 782 g/mol. The number of hydrogen-bond donors (Lipinski definition) is 2. The summed E-state index contributed by atoms with van der Waals surface area (Å²) in [6.45, 7) is 5.36. The number of rotatable bonds is 7. The molecular weight excluding hydrogens is 733 g/mol. The van der Waals surface area contributed by atoms with Crippen LogP contribution in [0.4, 0.5) is 0 Å². The number of nitrogens with one attached hydrogen (secondary N) is 2. The lowest BCUT2D eigenvalue weighted by Crippen LogP contribution is -2.58. The van der Waals surface area contributed by atoms with Crippen molar-refractivity contribution in [1.29, 1.82) is 0 Å². The molecule has 6 atom stereocenters. The van der Waals surface area contributed by atoms with E-state index in [9.17, 15) is 36.0 Å². The second-order valence-electron chi connectivity index (χ2n) is 16.7. The van der Waals surface area contributed by atoms with Crippen LogP contribution in [0.3, 0.4) is 0 Å². The molecule has 0 unspecified atom stereocenters. The Morgan fingerprint density at radius 3 is 2.41 bits per heavy atom. The molecule has 0 spiro atoms. The number of fused-ring (bicyclic) bond motifs is 5. The second-order valence-corrected chi connectivity index (χ2v) is 20.6. The van der Waals surface area contributed by atoms with Crippen LogP contribution < -0.4 is 10.0 Å². The summed E-state index contributed by atoms with van der Waals surface area (Å²) in [5.41, 5.74) is -2.31. The number of ether oxygens (including phenoxy) is 1. The van der Waals surface area contributed by atoms with Gasteiger partial charge in [-0.1, -0.05) is 55.3 Å². The summed E-state index contributed by atoms with van der Waals surface area (Å²) in [6, 6.07) is 11.2. The van der Waals surface area contributed by atoms with Gasteiger partial charge in [0, 0.05) is 37.4 Å². The predicted molar refractivity (Wildman–Crippen MR) is 200 cm³/mol. The van der Waals surface area contributed by atoms with Gasteiger partial charge >= 0.3 is 5.97 Å². The Morgan fingerprint density at radius 1 is 0.944 bits per heavy atom. The first-order chi connectivity index (χ1) is 25.5. The van der Waals surface area contributed by atoms with Crippen LogP contribution in [0.2, 0.25) is 0 Å². The average Bonchev–Trinajstić information content (AvgIpc) is 4.00. The first-order valence-corrected chi connectivity index (χ1v) is 22.0. The van der Waals surface area contributed by atoms with Gasteiger partial charge in [0.25, 0.3) is 5.91 Å². The van der Waals surface area contributed by atoms with Crippen molar-refractivity contribution in [1.82, 2.24) is 19.2 Å². The molecule has 0 radical (unpaired) electrons.